The van der Waals surface area contributed by atoms with Crippen molar-refractivity contribution in [1.82, 2.24) is 9.97 Å². The van der Waals surface area contributed by atoms with Crippen LogP contribution in [0.4, 0.5) is 11.5 Å². The Kier molecular flexibility index (Phi) is 4.58. The Morgan fingerprint density at radius 2 is 1.54 bits per heavy atom. The lowest BCUT2D eigenvalue weighted by Gasteiger charge is -2.07. The van der Waals surface area contributed by atoms with Crippen LogP contribution in [0.15, 0.2) is 54.7 Å². The SMILES string of the molecule is N#Cc1ccc(Oc2ccc(Oc3ncc([N+](=O)[O-])c(N)n3)cc2)cc1. The van der Waals surface area contributed by atoms with E-state index in [0.717, 1.165) is 6.20 Å². The van der Waals surface area contributed by atoms with Crippen LogP contribution < -0.4 is 15.2 Å². The van der Waals surface area contributed by atoms with Crippen molar-refractivity contribution in [2.24, 2.45) is 0 Å². The second-order valence-electron chi connectivity index (χ2n) is 4.99. The molecule has 2 aromatic carbocycles. The van der Waals surface area contributed by atoms with Crippen molar-refractivity contribution < 1.29 is 14.4 Å². The summed E-state index contributed by atoms with van der Waals surface area (Å²) in [4.78, 5) is 17.5. The molecule has 1 aromatic heterocycles. The number of hydrogen-bond acceptors (Lipinski definition) is 8. The molecule has 0 saturated carbocycles. The maximum atomic E-state index is 10.7. The second kappa shape index (κ2) is 7.14. The fraction of sp³-hybridized carbons (Fsp3) is 0. The third-order valence-electron chi connectivity index (χ3n) is 3.22. The summed E-state index contributed by atoms with van der Waals surface area (Å²) >= 11 is 0. The molecule has 0 saturated heterocycles. The molecular weight excluding hydrogens is 338 g/mol. The minimum Gasteiger partial charge on any atom is -0.457 e. The predicted octanol–water partition coefficient (Wildman–Crippen LogP) is 3.42. The number of ether oxygens (including phenoxy) is 2. The fourth-order valence-corrected chi connectivity index (χ4v) is 1.98. The van der Waals surface area contributed by atoms with Crippen LogP contribution in [0.1, 0.15) is 5.56 Å². The molecule has 9 heteroatoms. The molecule has 9 nitrogen and oxygen atoms in total. The van der Waals surface area contributed by atoms with E-state index in [1.54, 1.807) is 48.5 Å². The Morgan fingerprint density at radius 1 is 1.00 bits per heavy atom. The highest BCUT2D eigenvalue weighted by atomic mass is 16.6. The van der Waals surface area contributed by atoms with Gasteiger partial charge in [-0.3, -0.25) is 10.1 Å². The number of nitrogens with two attached hydrogens (primary N) is 1. The average Bonchev–Trinajstić information content (AvgIpc) is 2.64. The summed E-state index contributed by atoms with van der Waals surface area (Å²) in [5.41, 5.74) is 5.65. The van der Waals surface area contributed by atoms with Crippen molar-refractivity contribution in [3.63, 3.8) is 0 Å². The van der Waals surface area contributed by atoms with E-state index in [4.69, 9.17) is 20.5 Å². The van der Waals surface area contributed by atoms with E-state index in [-0.39, 0.29) is 17.5 Å². The van der Waals surface area contributed by atoms with Crippen LogP contribution in [0.3, 0.4) is 0 Å². The highest BCUT2D eigenvalue weighted by Crippen LogP contribution is 2.27. The van der Waals surface area contributed by atoms with Gasteiger partial charge in [0.05, 0.1) is 16.6 Å². The first kappa shape index (κ1) is 16.7. The van der Waals surface area contributed by atoms with Crippen LogP contribution in [0, 0.1) is 21.4 Å². The maximum Gasteiger partial charge on any atom is 0.329 e. The molecule has 0 aliphatic carbocycles. The van der Waals surface area contributed by atoms with E-state index in [1.807, 2.05) is 6.07 Å². The predicted molar refractivity (Wildman–Crippen MR) is 90.8 cm³/mol. The molecule has 0 radical (unpaired) electrons. The molecule has 0 bridgehead atoms. The minimum atomic E-state index is -0.672. The molecule has 0 unspecified atom stereocenters. The summed E-state index contributed by atoms with van der Waals surface area (Å²) in [7, 11) is 0. The summed E-state index contributed by atoms with van der Waals surface area (Å²) in [6.07, 6.45) is 0.986. The third-order valence-corrected chi connectivity index (χ3v) is 3.22. The molecule has 0 aliphatic heterocycles. The number of nitro groups is 1. The van der Waals surface area contributed by atoms with Gasteiger partial charge >= 0.3 is 11.7 Å². The number of aromatic nitrogens is 2. The fourth-order valence-electron chi connectivity index (χ4n) is 1.98. The van der Waals surface area contributed by atoms with E-state index < -0.39 is 4.92 Å². The number of rotatable bonds is 5. The first-order valence-corrected chi connectivity index (χ1v) is 7.28. The number of nitrogen functional groups attached to an aromatic ring is 1. The first-order valence-electron chi connectivity index (χ1n) is 7.28. The molecule has 1 heterocycles. The Labute approximate surface area is 147 Å². The van der Waals surface area contributed by atoms with E-state index in [0.29, 0.717) is 22.8 Å². The topological polar surface area (TPSA) is 137 Å². The summed E-state index contributed by atoms with van der Waals surface area (Å²) in [5, 5.41) is 19.5. The molecule has 3 aromatic rings. The number of hydrogen-bond donors (Lipinski definition) is 1. The van der Waals surface area contributed by atoms with Crippen LogP contribution in [-0.4, -0.2) is 14.9 Å². The number of benzene rings is 2. The molecule has 0 atom stereocenters. The Bertz CT molecular complexity index is 982. The normalized spacial score (nSPS) is 9.96. The second-order valence-corrected chi connectivity index (χ2v) is 4.99. The van der Waals surface area contributed by atoms with Gasteiger partial charge in [0.1, 0.15) is 23.4 Å². The van der Waals surface area contributed by atoms with Gasteiger partial charge in [0, 0.05) is 0 Å². The lowest BCUT2D eigenvalue weighted by Crippen LogP contribution is -2.01. The molecular formula is C17H11N5O4. The Hall–Kier alpha value is -4.19. The molecule has 0 amide bonds. The third kappa shape index (κ3) is 3.82. The standard InChI is InChI=1S/C17H11N5O4/c18-9-11-1-3-12(4-2-11)25-13-5-7-14(8-6-13)26-17-20-10-15(22(23)24)16(19)21-17/h1-8,10H,(H2,19,20,21). The molecule has 26 heavy (non-hydrogen) atoms. The van der Waals surface area contributed by atoms with Gasteiger partial charge in [0.15, 0.2) is 0 Å². The highest BCUT2D eigenvalue weighted by molar-refractivity contribution is 5.51. The van der Waals surface area contributed by atoms with Crippen molar-refractivity contribution in [1.29, 1.82) is 5.26 Å². The zero-order chi connectivity index (χ0) is 18.5. The van der Waals surface area contributed by atoms with Crippen molar-refractivity contribution >= 4 is 11.5 Å². The Balaban J connectivity index is 1.68. The first-order chi connectivity index (χ1) is 12.5. The number of nitriles is 1. The highest BCUT2D eigenvalue weighted by Gasteiger charge is 2.15. The lowest BCUT2D eigenvalue weighted by atomic mass is 10.2. The summed E-state index contributed by atoms with van der Waals surface area (Å²) in [5.74, 6) is 1.28. The van der Waals surface area contributed by atoms with Crippen LogP contribution in [-0.2, 0) is 0 Å². The van der Waals surface area contributed by atoms with Crippen molar-refractivity contribution in [2.45, 2.75) is 0 Å². The van der Waals surface area contributed by atoms with Gasteiger partial charge in [-0.15, -0.1) is 0 Å². The van der Waals surface area contributed by atoms with Gasteiger partial charge in [0.25, 0.3) is 0 Å². The lowest BCUT2D eigenvalue weighted by molar-refractivity contribution is -0.384. The van der Waals surface area contributed by atoms with E-state index in [9.17, 15) is 10.1 Å². The molecule has 0 spiro atoms. The van der Waals surface area contributed by atoms with Gasteiger partial charge in [-0.05, 0) is 48.5 Å². The quantitative estimate of drug-likeness (QED) is 0.546. The van der Waals surface area contributed by atoms with Crippen LogP contribution in [0.25, 0.3) is 0 Å². The summed E-state index contributed by atoms with van der Waals surface area (Å²) in [6.45, 7) is 0. The number of anilines is 1. The monoisotopic (exact) mass is 349 g/mol. The molecule has 0 fully saturated rings. The summed E-state index contributed by atoms with van der Waals surface area (Å²) < 4.78 is 11.1. The van der Waals surface area contributed by atoms with E-state index in [2.05, 4.69) is 9.97 Å². The molecule has 3 rings (SSSR count). The van der Waals surface area contributed by atoms with Gasteiger partial charge in [-0.2, -0.15) is 15.2 Å². The van der Waals surface area contributed by atoms with Gasteiger partial charge in [-0.1, -0.05) is 0 Å². The molecule has 2 N–H and O–H groups in total. The zero-order valence-electron chi connectivity index (χ0n) is 13.2. The van der Waals surface area contributed by atoms with Gasteiger partial charge in [-0.25, -0.2) is 0 Å². The van der Waals surface area contributed by atoms with E-state index in [1.165, 1.54) is 0 Å². The van der Waals surface area contributed by atoms with Gasteiger partial charge in [0.2, 0.25) is 5.82 Å². The summed E-state index contributed by atoms with van der Waals surface area (Å²) in [6, 6.07) is 15.2. The molecule has 0 aliphatic rings. The molecule has 128 valence electrons. The average molecular weight is 349 g/mol. The number of nitrogens with zero attached hydrogens (tertiary/aromatic N) is 4. The van der Waals surface area contributed by atoms with Gasteiger partial charge < -0.3 is 15.2 Å². The van der Waals surface area contributed by atoms with Crippen LogP contribution in [0.2, 0.25) is 0 Å². The maximum absolute atomic E-state index is 10.7. The van der Waals surface area contributed by atoms with Crippen molar-refractivity contribution in [2.75, 3.05) is 5.73 Å². The zero-order valence-corrected chi connectivity index (χ0v) is 13.2. The van der Waals surface area contributed by atoms with E-state index >= 15 is 0 Å². The van der Waals surface area contributed by atoms with Crippen LogP contribution in [0.5, 0.6) is 23.3 Å². The largest absolute Gasteiger partial charge is 0.457 e. The van der Waals surface area contributed by atoms with Crippen molar-refractivity contribution in [3.05, 3.63) is 70.4 Å². The van der Waals surface area contributed by atoms with Crippen molar-refractivity contribution in [3.8, 4) is 29.3 Å². The Morgan fingerprint density at radius 3 is 2.04 bits per heavy atom. The van der Waals surface area contributed by atoms with Crippen LogP contribution >= 0.6 is 0 Å². The smallest absolute Gasteiger partial charge is 0.329 e. The minimum absolute atomic E-state index is 0.103.